The standard InChI is InChI=1S/C19H22N2O3/c1-4-24-19(23)17-12(2)18(20-13(17)3)16(22)11-21-10-9-14-7-5-6-8-15(14)21/h5-8,20H,4,9-11H2,1-3H3. The Balaban J connectivity index is 1.82. The van der Waals surface area contributed by atoms with Crippen molar-refractivity contribution in [1.82, 2.24) is 4.98 Å². The van der Waals surface area contributed by atoms with Crippen molar-refractivity contribution in [1.29, 1.82) is 0 Å². The first-order valence-electron chi connectivity index (χ1n) is 8.25. The predicted molar refractivity (Wildman–Crippen MR) is 92.9 cm³/mol. The molecule has 1 aromatic heterocycles. The van der Waals surface area contributed by atoms with Gasteiger partial charge in [-0.05, 0) is 44.4 Å². The van der Waals surface area contributed by atoms with Gasteiger partial charge >= 0.3 is 5.97 Å². The van der Waals surface area contributed by atoms with E-state index in [0.717, 1.165) is 18.7 Å². The molecule has 0 atom stereocenters. The summed E-state index contributed by atoms with van der Waals surface area (Å²) in [6, 6.07) is 8.16. The van der Waals surface area contributed by atoms with Gasteiger partial charge in [-0.1, -0.05) is 18.2 Å². The number of aryl methyl sites for hydroxylation is 1. The van der Waals surface area contributed by atoms with Gasteiger partial charge in [-0.3, -0.25) is 4.79 Å². The number of benzene rings is 1. The molecule has 0 radical (unpaired) electrons. The molecule has 0 spiro atoms. The number of anilines is 1. The number of nitrogens with zero attached hydrogens (tertiary/aromatic N) is 1. The van der Waals surface area contributed by atoms with E-state index in [1.807, 2.05) is 18.2 Å². The van der Waals surface area contributed by atoms with E-state index < -0.39 is 0 Å². The van der Waals surface area contributed by atoms with Crippen LogP contribution >= 0.6 is 0 Å². The molecule has 0 aliphatic carbocycles. The average molecular weight is 326 g/mol. The summed E-state index contributed by atoms with van der Waals surface area (Å²) in [4.78, 5) is 30.0. The van der Waals surface area contributed by atoms with Gasteiger partial charge in [0.25, 0.3) is 0 Å². The molecule has 1 aliphatic heterocycles. The van der Waals surface area contributed by atoms with Crippen molar-refractivity contribution in [3.8, 4) is 0 Å². The van der Waals surface area contributed by atoms with E-state index in [-0.39, 0.29) is 11.8 Å². The molecule has 5 heteroatoms. The number of carbonyl (C=O) groups is 2. The third-order valence-electron chi connectivity index (χ3n) is 4.51. The molecule has 1 aromatic carbocycles. The van der Waals surface area contributed by atoms with Crippen LogP contribution < -0.4 is 4.90 Å². The number of aromatic amines is 1. The fourth-order valence-electron chi connectivity index (χ4n) is 3.36. The molecule has 2 aromatic rings. The number of hydrogen-bond donors (Lipinski definition) is 1. The maximum atomic E-state index is 12.8. The number of fused-ring (bicyclic) bond motifs is 1. The molecule has 24 heavy (non-hydrogen) atoms. The number of Topliss-reactive ketones (excluding diaryl/α,β-unsaturated/α-hetero) is 1. The Morgan fingerprint density at radius 3 is 2.75 bits per heavy atom. The molecule has 3 rings (SSSR count). The van der Waals surface area contributed by atoms with Gasteiger partial charge in [0.05, 0.1) is 24.4 Å². The summed E-state index contributed by atoms with van der Waals surface area (Å²) in [5.41, 5.74) is 4.72. The molecular formula is C19H22N2O3. The van der Waals surface area contributed by atoms with Crippen LogP contribution in [-0.2, 0) is 11.2 Å². The van der Waals surface area contributed by atoms with Crippen molar-refractivity contribution in [2.24, 2.45) is 0 Å². The largest absolute Gasteiger partial charge is 0.462 e. The number of esters is 1. The number of hydrogen-bond acceptors (Lipinski definition) is 4. The number of ether oxygens (including phenoxy) is 1. The van der Waals surface area contributed by atoms with E-state index in [1.54, 1.807) is 20.8 Å². The van der Waals surface area contributed by atoms with Gasteiger partial charge < -0.3 is 14.6 Å². The lowest BCUT2D eigenvalue weighted by molar-refractivity contribution is 0.0525. The van der Waals surface area contributed by atoms with Crippen LogP contribution in [0.4, 0.5) is 5.69 Å². The molecule has 1 N–H and O–H groups in total. The van der Waals surface area contributed by atoms with Crippen LogP contribution in [0.25, 0.3) is 0 Å². The van der Waals surface area contributed by atoms with Gasteiger partial charge in [0.1, 0.15) is 0 Å². The number of carbonyl (C=O) groups excluding carboxylic acids is 2. The second kappa shape index (κ2) is 6.51. The van der Waals surface area contributed by atoms with E-state index in [1.165, 1.54) is 5.56 Å². The van der Waals surface area contributed by atoms with Gasteiger partial charge in [-0.25, -0.2) is 4.79 Å². The van der Waals surface area contributed by atoms with Gasteiger partial charge in [0, 0.05) is 17.9 Å². The Labute approximate surface area is 141 Å². The Morgan fingerprint density at radius 2 is 2.00 bits per heavy atom. The van der Waals surface area contributed by atoms with Gasteiger partial charge in [-0.2, -0.15) is 0 Å². The van der Waals surface area contributed by atoms with E-state index in [2.05, 4.69) is 16.0 Å². The van der Waals surface area contributed by atoms with Crippen molar-refractivity contribution >= 4 is 17.4 Å². The molecular weight excluding hydrogens is 304 g/mol. The van der Waals surface area contributed by atoms with E-state index >= 15 is 0 Å². The highest BCUT2D eigenvalue weighted by molar-refractivity contribution is 6.03. The Kier molecular flexibility index (Phi) is 4.42. The monoisotopic (exact) mass is 326 g/mol. The van der Waals surface area contributed by atoms with Crippen molar-refractivity contribution < 1.29 is 14.3 Å². The summed E-state index contributed by atoms with van der Waals surface area (Å²) < 4.78 is 5.08. The highest BCUT2D eigenvalue weighted by Crippen LogP contribution is 2.28. The normalized spacial score (nSPS) is 13.0. The molecule has 2 heterocycles. The van der Waals surface area contributed by atoms with Crippen molar-refractivity contribution in [2.75, 3.05) is 24.6 Å². The number of H-pyrrole nitrogens is 1. The minimum atomic E-state index is -0.380. The number of ketones is 1. The minimum Gasteiger partial charge on any atom is -0.462 e. The first-order chi connectivity index (χ1) is 11.5. The molecule has 0 amide bonds. The second-order valence-electron chi connectivity index (χ2n) is 6.07. The maximum Gasteiger partial charge on any atom is 0.340 e. The van der Waals surface area contributed by atoms with Crippen LogP contribution in [0.5, 0.6) is 0 Å². The van der Waals surface area contributed by atoms with Crippen LogP contribution in [0.2, 0.25) is 0 Å². The number of rotatable bonds is 5. The topological polar surface area (TPSA) is 62.4 Å². The smallest absolute Gasteiger partial charge is 0.340 e. The molecule has 0 saturated heterocycles. The number of nitrogens with one attached hydrogen (secondary N) is 1. The van der Waals surface area contributed by atoms with Gasteiger partial charge in [-0.15, -0.1) is 0 Å². The molecule has 0 fully saturated rings. The first kappa shape index (κ1) is 16.3. The Morgan fingerprint density at radius 1 is 1.25 bits per heavy atom. The third kappa shape index (κ3) is 2.82. The average Bonchev–Trinajstić information content (AvgIpc) is 3.09. The lowest BCUT2D eigenvalue weighted by Gasteiger charge is -2.18. The minimum absolute atomic E-state index is 0.0112. The SMILES string of the molecule is CCOC(=O)c1c(C)[nH]c(C(=O)CN2CCc3ccccc32)c1C. The summed E-state index contributed by atoms with van der Waals surface area (Å²) in [7, 11) is 0. The molecule has 5 nitrogen and oxygen atoms in total. The maximum absolute atomic E-state index is 12.8. The van der Waals surface area contributed by atoms with E-state index in [9.17, 15) is 9.59 Å². The van der Waals surface area contributed by atoms with Gasteiger partial charge in [0.15, 0.2) is 5.78 Å². The summed E-state index contributed by atoms with van der Waals surface area (Å²) in [5.74, 6) is -0.392. The van der Waals surface area contributed by atoms with E-state index in [4.69, 9.17) is 4.74 Å². The highest BCUT2D eigenvalue weighted by atomic mass is 16.5. The molecule has 0 saturated carbocycles. The molecule has 0 unspecified atom stereocenters. The molecule has 126 valence electrons. The first-order valence-corrected chi connectivity index (χ1v) is 8.25. The number of para-hydroxylation sites is 1. The third-order valence-corrected chi connectivity index (χ3v) is 4.51. The lowest BCUT2D eigenvalue weighted by atomic mass is 10.1. The Hall–Kier alpha value is -2.56. The van der Waals surface area contributed by atoms with Crippen LogP contribution in [0, 0.1) is 13.8 Å². The predicted octanol–water partition coefficient (Wildman–Crippen LogP) is 3.05. The summed E-state index contributed by atoms with van der Waals surface area (Å²) in [6.07, 6.45) is 0.959. The van der Waals surface area contributed by atoms with Crippen LogP contribution in [0.1, 0.15) is 44.6 Å². The summed E-state index contributed by atoms with van der Waals surface area (Å²) >= 11 is 0. The zero-order chi connectivity index (χ0) is 17.3. The van der Waals surface area contributed by atoms with Crippen LogP contribution in [-0.4, -0.2) is 36.4 Å². The van der Waals surface area contributed by atoms with Crippen molar-refractivity contribution in [3.05, 3.63) is 52.3 Å². The van der Waals surface area contributed by atoms with Crippen molar-refractivity contribution in [2.45, 2.75) is 27.2 Å². The lowest BCUT2D eigenvalue weighted by Crippen LogP contribution is -2.28. The van der Waals surface area contributed by atoms with Gasteiger partial charge in [0.2, 0.25) is 0 Å². The molecule has 1 aliphatic rings. The Bertz CT molecular complexity index is 792. The zero-order valence-electron chi connectivity index (χ0n) is 14.3. The highest BCUT2D eigenvalue weighted by Gasteiger charge is 2.26. The zero-order valence-corrected chi connectivity index (χ0v) is 14.3. The fourth-order valence-corrected chi connectivity index (χ4v) is 3.36. The van der Waals surface area contributed by atoms with E-state index in [0.29, 0.717) is 35.7 Å². The van der Waals surface area contributed by atoms with Crippen molar-refractivity contribution in [3.63, 3.8) is 0 Å². The number of aromatic nitrogens is 1. The second-order valence-corrected chi connectivity index (χ2v) is 6.07. The van der Waals surface area contributed by atoms with Crippen LogP contribution in [0.3, 0.4) is 0 Å². The fraction of sp³-hybridized carbons (Fsp3) is 0.368. The summed E-state index contributed by atoms with van der Waals surface area (Å²) in [6.45, 7) is 6.82. The quantitative estimate of drug-likeness (QED) is 0.677. The molecule has 0 bridgehead atoms. The van der Waals surface area contributed by atoms with Crippen LogP contribution in [0.15, 0.2) is 24.3 Å². The summed E-state index contributed by atoms with van der Waals surface area (Å²) in [5, 5.41) is 0.